The van der Waals surface area contributed by atoms with Crippen molar-refractivity contribution in [3.63, 3.8) is 0 Å². The average Bonchev–Trinajstić information content (AvgIpc) is 2.20. The van der Waals surface area contributed by atoms with E-state index in [0.717, 1.165) is 12.8 Å². The van der Waals surface area contributed by atoms with Gasteiger partial charge in [0.2, 0.25) is 6.10 Å². The van der Waals surface area contributed by atoms with Gasteiger partial charge < -0.3 is 10.1 Å². The van der Waals surface area contributed by atoms with Crippen molar-refractivity contribution in [3.05, 3.63) is 0 Å². The molecular formula is C11H19F6NO. The molecule has 1 N–H and O–H groups in total. The van der Waals surface area contributed by atoms with Gasteiger partial charge >= 0.3 is 12.4 Å². The van der Waals surface area contributed by atoms with Crippen LogP contribution in [-0.4, -0.2) is 37.1 Å². The number of nitrogens with one attached hydrogen (secondary N) is 1. The van der Waals surface area contributed by atoms with Crippen LogP contribution in [0.25, 0.3) is 0 Å². The highest BCUT2D eigenvalue weighted by Gasteiger charge is 2.58. The fourth-order valence-electron chi connectivity index (χ4n) is 1.52. The molecule has 0 bridgehead atoms. The highest BCUT2D eigenvalue weighted by atomic mass is 19.4. The van der Waals surface area contributed by atoms with Crippen LogP contribution in [0.1, 0.15) is 33.6 Å². The Hall–Kier alpha value is -0.500. The third-order valence-corrected chi connectivity index (χ3v) is 2.44. The van der Waals surface area contributed by atoms with Gasteiger partial charge in [0.05, 0.1) is 6.10 Å². The topological polar surface area (TPSA) is 21.3 Å². The van der Waals surface area contributed by atoms with Gasteiger partial charge in [0.15, 0.2) is 0 Å². The first-order valence-electron chi connectivity index (χ1n) is 6.00. The van der Waals surface area contributed by atoms with Crippen LogP contribution >= 0.6 is 0 Å². The lowest BCUT2D eigenvalue weighted by atomic mass is 10.2. The minimum atomic E-state index is -5.46. The summed E-state index contributed by atoms with van der Waals surface area (Å²) in [5, 5.41) is 2.83. The lowest BCUT2D eigenvalue weighted by molar-refractivity contribution is -0.329. The lowest BCUT2D eigenvalue weighted by Crippen LogP contribution is -2.48. The Morgan fingerprint density at radius 3 is 1.84 bits per heavy atom. The van der Waals surface area contributed by atoms with Gasteiger partial charge in [-0.2, -0.15) is 26.3 Å². The van der Waals surface area contributed by atoms with Crippen LogP contribution in [0.15, 0.2) is 0 Å². The first-order valence-corrected chi connectivity index (χ1v) is 6.00. The van der Waals surface area contributed by atoms with Crippen LogP contribution in [0.2, 0.25) is 0 Å². The highest BCUT2D eigenvalue weighted by molar-refractivity contribution is 4.78. The second-order valence-electron chi connectivity index (χ2n) is 4.51. The summed E-state index contributed by atoms with van der Waals surface area (Å²) >= 11 is 0. The van der Waals surface area contributed by atoms with Gasteiger partial charge in [-0.05, 0) is 20.3 Å². The Labute approximate surface area is 108 Å². The summed E-state index contributed by atoms with van der Waals surface area (Å²) in [5.41, 5.74) is 0. The Morgan fingerprint density at radius 1 is 1.00 bits per heavy atom. The van der Waals surface area contributed by atoms with Gasteiger partial charge in [-0.25, -0.2) is 0 Å². The molecule has 8 heteroatoms. The molecule has 0 aromatic rings. The van der Waals surface area contributed by atoms with Gasteiger partial charge in [0.1, 0.15) is 0 Å². The molecular weight excluding hydrogens is 276 g/mol. The van der Waals surface area contributed by atoms with Crippen molar-refractivity contribution in [1.82, 2.24) is 5.32 Å². The number of ether oxygens (including phenoxy) is 1. The van der Waals surface area contributed by atoms with E-state index in [1.165, 1.54) is 6.92 Å². The minimum absolute atomic E-state index is 0.0197. The second kappa shape index (κ2) is 7.33. The van der Waals surface area contributed by atoms with Crippen LogP contribution < -0.4 is 5.32 Å². The monoisotopic (exact) mass is 295 g/mol. The molecule has 0 rings (SSSR count). The molecule has 0 amide bonds. The van der Waals surface area contributed by atoms with E-state index < -0.39 is 24.6 Å². The summed E-state index contributed by atoms with van der Waals surface area (Å²) < 4.78 is 77.5. The van der Waals surface area contributed by atoms with Crippen molar-refractivity contribution >= 4 is 0 Å². The molecule has 0 aromatic heterocycles. The fraction of sp³-hybridized carbons (Fsp3) is 1.00. The molecule has 0 spiro atoms. The minimum Gasteiger partial charge on any atom is -0.357 e. The molecule has 0 aliphatic rings. The summed E-state index contributed by atoms with van der Waals surface area (Å²) in [5.74, 6) is 0. The Kier molecular flexibility index (Phi) is 7.13. The zero-order valence-corrected chi connectivity index (χ0v) is 11.0. The first kappa shape index (κ1) is 18.5. The summed E-state index contributed by atoms with van der Waals surface area (Å²) in [4.78, 5) is 0. The zero-order chi connectivity index (χ0) is 15.3. The molecule has 2 atom stereocenters. The van der Waals surface area contributed by atoms with Gasteiger partial charge in [0.25, 0.3) is 0 Å². The molecule has 2 nitrogen and oxygen atoms in total. The molecule has 0 saturated carbocycles. The van der Waals surface area contributed by atoms with Crippen LogP contribution in [0.4, 0.5) is 26.3 Å². The molecule has 0 aromatic carbocycles. The van der Waals surface area contributed by atoms with Crippen molar-refractivity contribution < 1.29 is 31.1 Å². The molecule has 2 unspecified atom stereocenters. The van der Waals surface area contributed by atoms with Crippen LogP contribution in [0.5, 0.6) is 0 Å². The summed E-state index contributed by atoms with van der Waals surface area (Å²) in [6.07, 6.45) is -14.2. The standard InChI is InChI=1S/C11H19F6NO/c1-4-5-7(2)18-6-8(3)19-9(10(12,13)14)11(15,16)17/h7-9,18H,4-6H2,1-3H3. The molecule has 0 saturated heterocycles. The predicted octanol–water partition coefficient (Wildman–Crippen LogP) is 3.66. The number of hydrogen-bond acceptors (Lipinski definition) is 2. The molecule has 0 heterocycles. The lowest BCUT2D eigenvalue weighted by Gasteiger charge is -2.27. The van der Waals surface area contributed by atoms with Crippen molar-refractivity contribution in [2.24, 2.45) is 0 Å². The van der Waals surface area contributed by atoms with Gasteiger partial charge in [-0.1, -0.05) is 13.3 Å². The SMILES string of the molecule is CCCC(C)NCC(C)OC(C(F)(F)F)C(F)(F)F. The number of halogens is 6. The summed E-state index contributed by atoms with van der Waals surface area (Å²) in [7, 11) is 0. The Balaban J connectivity index is 4.37. The van der Waals surface area contributed by atoms with Gasteiger partial charge in [0, 0.05) is 12.6 Å². The number of hydrogen-bond donors (Lipinski definition) is 1. The maximum Gasteiger partial charge on any atom is 0.423 e. The molecule has 116 valence electrons. The van der Waals surface area contributed by atoms with E-state index in [1.54, 1.807) is 6.92 Å². The van der Waals surface area contributed by atoms with Crippen LogP contribution in [0, 0.1) is 0 Å². The van der Waals surface area contributed by atoms with Crippen molar-refractivity contribution in [2.75, 3.05) is 6.54 Å². The highest BCUT2D eigenvalue weighted by Crippen LogP contribution is 2.36. The van der Waals surface area contributed by atoms with E-state index in [1.807, 2.05) is 6.92 Å². The van der Waals surface area contributed by atoms with E-state index in [4.69, 9.17) is 0 Å². The smallest absolute Gasteiger partial charge is 0.357 e. The summed E-state index contributed by atoms with van der Waals surface area (Å²) in [6, 6.07) is 0.0197. The third kappa shape index (κ3) is 7.61. The molecule has 0 aliphatic heterocycles. The maximum absolute atomic E-state index is 12.2. The fourth-order valence-corrected chi connectivity index (χ4v) is 1.52. The maximum atomic E-state index is 12.2. The predicted molar refractivity (Wildman–Crippen MR) is 58.8 cm³/mol. The summed E-state index contributed by atoms with van der Waals surface area (Å²) in [6.45, 7) is 4.85. The molecule has 0 aliphatic carbocycles. The van der Waals surface area contributed by atoms with Gasteiger partial charge in [-0.15, -0.1) is 0 Å². The van der Waals surface area contributed by atoms with E-state index in [0.29, 0.717) is 0 Å². The number of alkyl halides is 6. The van der Waals surface area contributed by atoms with E-state index >= 15 is 0 Å². The average molecular weight is 295 g/mol. The van der Waals surface area contributed by atoms with E-state index in [-0.39, 0.29) is 12.6 Å². The third-order valence-electron chi connectivity index (χ3n) is 2.44. The van der Waals surface area contributed by atoms with Crippen molar-refractivity contribution in [3.8, 4) is 0 Å². The zero-order valence-electron chi connectivity index (χ0n) is 11.0. The van der Waals surface area contributed by atoms with Crippen molar-refractivity contribution in [2.45, 2.75) is 64.2 Å². The normalized spacial score (nSPS) is 16.7. The molecule has 0 radical (unpaired) electrons. The van der Waals surface area contributed by atoms with Crippen LogP contribution in [0.3, 0.4) is 0 Å². The Bertz CT molecular complexity index is 239. The van der Waals surface area contributed by atoms with E-state index in [2.05, 4.69) is 10.1 Å². The molecule has 19 heavy (non-hydrogen) atoms. The van der Waals surface area contributed by atoms with Gasteiger partial charge in [-0.3, -0.25) is 0 Å². The van der Waals surface area contributed by atoms with E-state index in [9.17, 15) is 26.3 Å². The quantitative estimate of drug-likeness (QED) is 0.724. The largest absolute Gasteiger partial charge is 0.423 e. The Morgan fingerprint density at radius 2 is 1.47 bits per heavy atom. The van der Waals surface area contributed by atoms with Crippen LogP contribution in [-0.2, 0) is 4.74 Å². The first-order chi connectivity index (χ1) is 8.48. The number of rotatable bonds is 7. The second-order valence-corrected chi connectivity index (χ2v) is 4.51. The molecule has 0 fully saturated rings. The van der Waals surface area contributed by atoms with Crippen molar-refractivity contribution in [1.29, 1.82) is 0 Å².